The van der Waals surface area contributed by atoms with Crippen LogP contribution >= 0.6 is 0 Å². The lowest BCUT2D eigenvalue weighted by Gasteiger charge is -2.29. The average molecular weight is 218 g/mol. The normalized spacial score (nSPS) is 17.3. The summed E-state index contributed by atoms with van der Waals surface area (Å²) in [6.45, 7) is 2.16. The summed E-state index contributed by atoms with van der Waals surface area (Å²) in [6, 6.07) is 10.2. The molecule has 3 nitrogen and oxygen atoms in total. The van der Waals surface area contributed by atoms with Gasteiger partial charge in [0.1, 0.15) is 7.11 Å². The summed E-state index contributed by atoms with van der Waals surface area (Å²) in [5, 5.41) is 4.16. The number of hydrogen-bond acceptors (Lipinski definition) is 2. The van der Waals surface area contributed by atoms with Crippen molar-refractivity contribution in [2.45, 2.75) is 19.3 Å². The summed E-state index contributed by atoms with van der Waals surface area (Å²) in [5.74, 6) is 0.961. The van der Waals surface area contributed by atoms with Gasteiger partial charge in [-0.1, -0.05) is 35.5 Å². The first kappa shape index (κ1) is 11.0. The lowest BCUT2D eigenvalue weighted by atomic mass is 10.1. The van der Waals surface area contributed by atoms with Crippen LogP contribution in [-0.4, -0.2) is 30.9 Å². The Bertz CT molecular complexity index is 342. The van der Waals surface area contributed by atoms with Crippen LogP contribution in [-0.2, 0) is 4.84 Å². The zero-order chi connectivity index (χ0) is 11.2. The molecule has 0 unspecified atom stereocenters. The topological polar surface area (TPSA) is 24.8 Å². The molecular weight excluding hydrogens is 200 g/mol. The largest absolute Gasteiger partial charge is 0.397 e. The van der Waals surface area contributed by atoms with Crippen LogP contribution in [0.1, 0.15) is 24.8 Å². The third kappa shape index (κ3) is 2.54. The molecule has 1 heterocycles. The van der Waals surface area contributed by atoms with Crippen LogP contribution in [0.25, 0.3) is 0 Å². The molecule has 1 aromatic rings. The van der Waals surface area contributed by atoms with E-state index < -0.39 is 0 Å². The third-order valence-electron chi connectivity index (χ3n) is 2.87. The van der Waals surface area contributed by atoms with Crippen LogP contribution in [0.3, 0.4) is 0 Å². The summed E-state index contributed by atoms with van der Waals surface area (Å²) < 4.78 is 0. The zero-order valence-electron chi connectivity index (χ0n) is 9.72. The highest BCUT2D eigenvalue weighted by Gasteiger charge is 2.16. The van der Waals surface area contributed by atoms with Crippen molar-refractivity contribution < 1.29 is 4.84 Å². The quantitative estimate of drug-likeness (QED) is 0.433. The Morgan fingerprint density at radius 1 is 1.12 bits per heavy atom. The lowest BCUT2D eigenvalue weighted by Crippen LogP contribution is -2.36. The molecule has 0 bridgehead atoms. The van der Waals surface area contributed by atoms with Crippen molar-refractivity contribution in [3.63, 3.8) is 0 Å². The van der Waals surface area contributed by atoms with E-state index in [9.17, 15) is 0 Å². The molecule has 0 radical (unpaired) electrons. The van der Waals surface area contributed by atoms with Crippen molar-refractivity contribution in [1.82, 2.24) is 4.90 Å². The summed E-state index contributed by atoms with van der Waals surface area (Å²) in [6.07, 6.45) is 3.82. The fraction of sp³-hybridized carbons (Fsp3) is 0.462. The summed E-state index contributed by atoms with van der Waals surface area (Å²) in [4.78, 5) is 7.27. The van der Waals surface area contributed by atoms with Crippen molar-refractivity contribution in [1.29, 1.82) is 0 Å². The molecule has 1 aliphatic heterocycles. The molecule has 0 atom stereocenters. The minimum absolute atomic E-state index is 0.961. The lowest BCUT2D eigenvalue weighted by molar-refractivity contribution is 0.203. The van der Waals surface area contributed by atoms with Crippen LogP contribution in [0.5, 0.6) is 0 Å². The van der Waals surface area contributed by atoms with Gasteiger partial charge in [0.15, 0.2) is 5.84 Å². The van der Waals surface area contributed by atoms with E-state index in [-0.39, 0.29) is 0 Å². The van der Waals surface area contributed by atoms with Crippen molar-refractivity contribution in [2.75, 3.05) is 20.2 Å². The maximum Gasteiger partial charge on any atom is 0.175 e. The molecule has 0 aromatic heterocycles. The predicted molar refractivity (Wildman–Crippen MR) is 65.4 cm³/mol. The van der Waals surface area contributed by atoms with E-state index in [1.807, 2.05) is 18.2 Å². The fourth-order valence-electron chi connectivity index (χ4n) is 2.07. The fourth-order valence-corrected chi connectivity index (χ4v) is 2.07. The Balaban J connectivity index is 2.20. The standard InChI is InChI=1S/C13H18N2O/c1-16-14-13(12-8-4-2-5-9-12)15-10-6-3-7-11-15/h2,4-5,8-9H,3,6-7,10-11H2,1H3/b14-13+. The van der Waals surface area contributed by atoms with Gasteiger partial charge in [0.25, 0.3) is 0 Å². The third-order valence-corrected chi connectivity index (χ3v) is 2.87. The van der Waals surface area contributed by atoms with Crippen molar-refractivity contribution >= 4 is 5.84 Å². The van der Waals surface area contributed by atoms with Crippen molar-refractivity contribution in [3.8, 4) is 0 Å². The number of likely N-dealkylation sites (tertiary alicyclic amines) is 1. The maximum absolute atomic E-state index is 4.96. The monoisotopic (exact) mass is 218 g/mol. The highest BCUT2D eigenvalue weighted by atomic mass is 16.6. The molecule has 3 heteroatoms. The molecule has 2 rings (SSSR count). The number of amidine groups is 1. The number of benzene rings is 1. The van der Waals surface area contributed by atoms with Gasteiger partial charge in [-0.15, -0.1) is 0 Å². The van der Waals surface area contributed by atoms with E-state index in [0.717, 1.165) is 24.5 Å². The molecule has 1 saturated heterocycles. The second-order valence-electron chi connectivity index (χ2n) is 4.01. The first-order valence-corrected chi connectivity index (χ1v) is 5.83. The average Bonchev–Trinajstić information content (AvgIpc) is 2.38. The Hall–Kier alpha value is -1.51. The van der Waals surface area contributed by atoms with Gasteiger partial charge in [-0.3, -0.25) is 0 Å². The molecule has 0 N–H and O–H groups in total. The van der Waals surface area contributed by atoms with Gasteiger partial charge in [-0.05, 0) is 19.3 Å². The second kappa shape index (κ2) is 5.54. The van der Waals surface area contributed by atoms with Crippen LogP contribution in [0.2, 0.25) is 0 Å². The molecule has 0 amide bonds. The van der Waals surface area contributed by atoms with Crippen LogP contribution in [0, 0.1) is 0 Å². The zero-order valence-corrected chi connectivity index (χ0v) is 9.72. The van der Waals surface area contributed by atoms with Gasteiger partial charge in [0.05, 0.1) is 0 Å². The number of nitrogens with zero attached hydrogens (tertiary/aromatic N) is 2. The van der Waals surface area contributed by atoms with Crippen LogP contribution in [0.15, 0.2) is 35.5 Å². The van der Waals surface area contributed by atoms with Gasteiger partial charge in [0.2, 0.25) is 0 Å². The number of piperidine rings is 1. The van der Waals surface area contributed by atoms with Crippen LogP contribution < -0.4 is 0 Å². The molecule has 1 aromatic carbocycles. The molecule has 0 aliphatic carbocycles. The van der Waals surface area contributed by atoms with E-state index >= 15 is 0 Å². The van der Waals surface area contributed by atoms with E-state index in [0.29, 0.717) is 0 Å². The molecule has 1 fully saturated rings. The SMILES string of the molecule is CO/N=C(\c1ccccc1)N1CCCCC1. The molecule has 0 spiro atoms. The van der Waals surface area contributed by atoms with Crippen molar-refractivity contribution in [2.24, 2.45) is 5.16 Å². The van der Waals surface area contributed by atoms with Gasteiger partial charge >= 0.3 is 0 Å². The minimum Gasteiger partial charge on any atom is -0.397 e. The Kier molecular flexibility index (Phi) is 3.81. The van der Waals surface area contributed by atoms with E-state index in [2.05, 4.69) is 22.2 Å². The molecule has 86 valence electrons. The minimum atomic E-state index is 0.961. The summed E-state index contributed by atoms with van der Waals surface area (Å²) in [5.41, 5.74) is 1.13. The second-order valence-corrected chi connectivity index (χ2v) is 4.01. The number of hydrogen-bond donors (Lipinski definition) is 0. The molecule has 16 heavy (non-hydrogen) atoms. The van der Waals surface area contributed by atoms with Gasteiger partial charge in [-0.2, -0.15) is 0 Å². The first-order valence-electron chi connectivity index (χ1n) is 5.83. The van der Waals surface area contributed by atoms with E-state index in [1.165, 1.54) is 19.3 Å². The highest BCUT2D eigenvalue weighted by molar-refractivity contribution is 5.98. The smallest absolute Gasteiger partial charge is 0.175 e. The summed E-state index contributed by atoms with van der Waals surface area (Å²) in [7, 11) is 1.60. The predicted octanol–water partition coefficient (Wildman–Crippen LogP) is 2.48. The van der Waals surface area contributed by atoms with E-state index in [4.69, 9.17) is 4.84 Å². The van der Waals surface area contributed by atoms with Gasteiger partial charge in [-0.25, -0.2) is 0 Å². The Morgan fingerprint density at radius 3 is 2.44 bits per heavy atom. The molecule has 0 saturated carbocycles. The highest BCUT2D eigenvalue weighted by Crippen LogP contribution is 2.14. The molecule has 1 aliphatic rings. The first-order chi connectivity index (χ1) is 7.92. The number of oxime groups is 1. The number of rotatable bonds is 2. The van der Waals surface area contributed by atoms with E-state index in [1.54, 1.807) is 7.11 Å². The van der Waals surface area contributed by atoms with Gasteiger partial charge in [0, 0.05) is 18.7 Å². The molecular formula is C13H18N2O. The van der Waals surface area contributed by atoms with Crippen molar-refractivity contribution in [3.05, 3.63) is 35.9 Å². The maximum atomic E-state index is 4.96. The Labute approximate surface area is 96.7 Å². The van der Waals surface area contributed by atoms with Crippen LogP contribution in [0.4, 0.5) is 0 Å². The van der Waals surface area contributed by atoms with Gasteiger partial charge < -0.3 is 9.74 Å². The Morgan fingerprint density at radius 2 is 1.81 bits per heavy atom. The summed E-state index contributed by atoms with van der Waals surface area (Å²) >= 11 is 0.